The van der Waals surface area contributed by atoms with Crippen molar-refractivity contribution < 1.29 is 4.79 Å². The summed E-state index contributed by atoms with van der Waals surface area (Å²) in [5, 5.41) is 0. The summed E-state index contributed by atoms with van der Waals surface area (Å²) in [5.74, 6) is 0.369. The van der Waals surface area contributed by atoms with Gasteiger partial charge in [-0.1, -0.05) is 12.8 Å². The van der Waals surface area contributed by atoms with Gasteiger partial charge in [-0.25, -0.2) is 0 Å². The van der Waals surface area contributed by atoms with Gasteiger partial charge in [0, 0.05) is 37.8 Å². The Labute approximate surface area is 140 Å². The van der Waals surface area contributed by atoms with Crippen LogP contribution in [0.5, 0.6) is 0 Å². The molecule has 4 nitrogen and oxygen atoms in total. The van der Waals surface area contributed by atoms with Crippen molar-refractivity contribution in [1.29, 1.82) is 0 Å². The first-order chi connectivity index (χ1) is 9.08. The maximum Gasteiger partial charge on any atom is 0.227 e. The fourth-order valence-electron chi connectivity index (χ4n) is 3.73. The van der Waals surface area contributed by atoms with Crippen LogP contribution in [0.4, 0.5) is 0 Å². The third-order valence-corrected chi connectivity index (χ3v) is 5.24. The number of carbonyl (C=O) groups excluding carboxylic acids is 1. The van der Waals surface area contributed by atoms with E-state index < -0.39 is 0 Å². The summed E-state index contributed by atoms with van der Waals surface area (Å²) in [4.78, 5) is 17.3. The van der Waals surface area contributed by atoms with Crippen molar-refractivity contribution in [3.63, 3.8) is 0 Å². The molecule has 0 aromatic rings. The maximum absolute atomic E-state index is 12.7. The Morgan fingerprint density at radius 3 is 2.19 bits per heavy atom. The van der Waals surface area contributed by atoms with Gasteiger partial charge in [0.25, 0.3) is 0 Å². The van der Waals surface area contributed by atoms with E-state index in [4.69, 9.17) is 5.73 Å². The molecule has 6 heteroatoms. The van der Waals surface area contributed by atoms with Crippen LogP contribution in [-0.4, -0.2) is 53.5 Å². The predicted molar refractivity (Wildman–Crippen MR) is 90.2 cm³/mol. The van der Waals surface area contributed by atoms with E-state index >= 15 is 0 Å². The lowest BCUT2D eigenvalue weighted by atomic mass is 9.74. The molecule has 0 aromatic carbocycles. The van der Waals surface area contributed by atoms with Crippen molar-refractivity contribution in [2.75, 3.05) is 26.2 Å². The number of amides is 1. The lowest BCUT2D eigenvalue weighted by Crippen LogP contribution is -2.57. The predicted octanol–water partition coefficient (Wildman–Crippen LogP) is 2.04. The molecule has 2 N–H and O–H groups in total. The molecule has 1 aliphatic heterocycles. The summed E-state index contributed by atoms with van der Waals surface area (Å²) in [7, 11) is 0. The molecule has 0 aromatic heterocycles. The minimum absolute atomic E-state index is 0. The number of nitrogens with two attached hydrogens (primary N) is 1. The van der Waals surface area contributed by atoms with Crippen LogP contribution in [0.15, 0.2) is 0 Å². The van der Waals surface area contributed by atoms with E-state index in [1.807, 2.05) is 0 Å². The molecular formula is C15H29Cl2N3O. The second-order valence-electron chi connectivity index (χ2n) is 6.90. The topological polar surface area (TPSA) is 49.6 Å². The number of hydrogen-bond donors (Lipinski definition) is 1. The zero-order chi connectivity index (χ0) is 13.5. The number of rotatable bonds is 2. The first-order valence-corrected chi connectivity index (χ1v) is 7.90. The molecule has 0 spiro atoms. The smallest absolute Gasteiger partial charge is 0.227 e. The maximum atomic E-state index is 12.7. The van der Waals surface area contributed by atoms with E-state index in [9.17, 15) is 4.79 Å². The monoisotopic (exact) mass is 337 g/mol. The van der Waals surface area contributed by atoms with Crippen LogP contribution in [0, 0.1) is 5.92 Å². The van der Waals surface area contributed by atoms with Crippen molar-refractivity contribution in [2.45, 2.75) is 57.0 Å². The summed E-state index contributed by atoms with van der Waals surface area (Å²) in [6, 6.07) is 0.826. The van der Waals surface area contributed by atoms with Gasteiger partial charge in [0.1, 0.15) is 0 Å². The van der Waals surface area contributed by atoms with Crippen LogP contribution in [0.2, 0.25) is 0 Å². The first kappa shape index (κ1) is 19.0. The zero-order valence-electron chi connectivity index (χ0n) is 12.9. The van der Waals surface area contributed by atoms with Gasteiger partial charge in [-0.05, 0) is 32.6 Å². The van der Waals surface area contributed by atoms with Gasteiger partial charge in [0.2, 0.25) is 5.91 Å². The Morgan fingerprint density at radius 2 is 1.67 bits per heavy atom. The second kappa shape index (κ2) is 7.49. The number of halogens is 2. The highest BCUT2D eigenvalue weighted by Gasteiger charge is 2.41. The van der Waals surface area contributed by atoms with Crippen LogP contribution in [0.1, 0.15) is 45.4 Å². The van der Waals surface area contributed by atoms with Crippen molar-refractivity contribution >= 4 is 30.7 Å². The molecule has 1 amide bonds. The van der Waals surface area contributed by atoms with Crippen molar-refractivity contribution in [3.8, 4) is 0 Å². The van der Waals surface area contributed by atoms with Gasteiger partial charge in [0.15, 0.2) is 0 Å². The summed E-state index contributed by atoms with van der Waals surface area (Å²) >= 11 is 0. The quantitative estimate of drug-likeness (QED) is 0.838. The minimum atomic E-state index is -0.289. The van der Waals surface area contributed by atoms with Crippen molar-refractivity contribution in [1.82, 2.24) is 9.80 Å². The highest BCUT2D eigenvalue weighted by atomic mass is 35.5. The molecule has 124 valence electrons. The summed E-state index contributed by atoms with van der Waals surface area (Å²) in [6.45, 7) is 5.99. The first-order valence-electron chi connectivity index (χ1n) is 7.90. The van der Waals surface area contributed by atoms with Crippen LogP contribution >= 0.6 is 24.8 Å². The number of piperazine rings is 1. The molecule has 0 radical (unpaired) electrons. The Balaban J connectivity index is 0.00000110. The fourth-order valence-corrected chi connectivity index (χ4v) is 3.73. The summed E-state index contributed by atoms with van der Waals surface area (Å²) < 4.78 is 0. The van der Waals surface area contributed by atoms with E-state index in [0.717, 1.165) is 51.5 Å². The number of hydrogen-bond acceptors (Lipinski definition) is 3. The minimum Gasteiger partial charge on any atom is -0.340 e. The van der Waals surface area contributed by atoms with E-state index in [2.05, 4.69) is 16.7 Å². The van der Waals surface area contributed by atoms with Crippen LogP contribution in [0.3, 0.4) is 0 Å². The van der Waals surface area contributed by atoms with Crippen molar-refractivity contribution in [3.05, 3.63) is 0 Å². The van der Waals surface area contributed by atoms with E-state index in [0.29, 0.717) is 5.91 Å². The highest BCUT2D eigenvalue weighted by Crippen LogP contribution is 2.33. The molecule has 1 heterocycles. The molecular weight excluding hydrogens is 309 g/mol. The van der Waals surface area contributed by atoms with Gasteiger partial charge in [0.05, 0.1) is 5.92 Å². The molecule has 2 aliphatic carbocycles. The van der Waals surface area contributed by atoms with Gasteiger partial charge in [-0.15, -0.1) is 24.8 Å². The Kier molecular flexibility index (Phi) is 6.79. The summed E-state index contributed by atoms with van der Waals surface area (Å²) in [6.07, 6.45) is 7.02. The van der Waals surface area contributed by atoms with Crippen LogP contribution in [0.25, 0.3) is 0 Å². The SMILES string of the molecule is CC1(N)CCCCC1C(=O)N1CCN(C2CC2)CC1.Cl.Cl. The Morgan fingerprint density at radius 1 is 1.05 bits per heavy atom. The highest BCUT2D eigenvalue weighted by molar-refractivity contribution is 5.85. The molecule has 2 unspecified atom stereocenters. The molecule has 21 heavy (non-hydrogen) atoms. The van der Waals surface area contributed by atoms with Gasteiger partial charge >= 0.3 is 0 Å². The van der Waals surface area contributed by atoms with E-state index in [-0.39, 0.29) is 36.3 Å². The molecule has 2 atom stereocenters. The standard InChI is InChI=1S/C15H27N3O.2ClH/c1-15(16)7-3-2-4-13(15)14(19)18-10-8-17(9-11-18)12-5-6-12;;/h12-13H,2-11,16H2,1H3;2*1H. The van der Waals surface area contributed by atoms with Gasteiger partial charge < -0.3 is 10.6 Å². The molecule has 0 bridgehead atoms. The average Bonchev–Trinajstić information content (AvgIpc) is 3.22. The summed E-state index contributed by atoms with van der Waals surface area (Å²) in [5.41, 5.74) is 6.07. The van der Waals surface area contributed by atoms with Crippen LogP contribution in [-0.2, 0) is 4.79 Å². The van der Waals surface area contributed by atoms with Gasteiger partial charge in [-0.2, -0.15) is 0 Å². The zero-order valence-corrected chi connectivity index (χ0v) is 14.6. The third kappa shape index (κ3) is 4.25. The fraction of sp³-hybridized carbons (Fsp3) is 0.933. The Hall–Kier alpha value is -0.0300. The Bertz CT molecular complexity index is 353. The largest absolute Gasteiger partial charge is 0.340 e. The molecule has 3 aliphatic rings. The third-order valence-electron chi connectivity index (χ3n) is 5.24. The second-order valence-corrected chi connectivity index (χ2v) is 6.90. The molecule has 3 fully saturated rings. The van der Waals surface area contributed by atoms with Crippen LogP contribution < -0.4 is 5.73 Å². The molecule has 3 rings (SSSR count). The molecule has 2 saturated carbocycles. The lowest BCUT2D eigenvalue weighted by molar-refractivity contribution is -0.140. The normalized spacial score (nSPS) is 33.8. The average molecular weight is 338 g/mol. The van der Waals surface area contributed by atoms with E-state index in [1.54, 1.807) is 0 Å². The van der Waals surface area contributed by atoms with Crippen molar-refractivity contribution in [2.24, 2.45) is 11.7 Å². The number of nitrogens with zero attached hydrogens (tertiary/aromatic N) is 2. The lowest BCUT2D eigenvalue weighted by Gasteiger charge is -2.42. The van der Waals surface area contributed by atoms with E-state index in [1.165, 1.54) is 19.3 Å². The number of carbonyl (C=O) groups is 1. The molecule has 1 saturated heterocycles. The van der Waals surface area contributed by atoms with Gasteiger partial charge in [-0.3, -0.25) is 9.69 Å².